The van der Waals surface area contributed by atoms with Gasteiger partial charge in [-0.2, -0.15) is 0 Å². The first-order valence-electron chi connectivity index (χ1n) is 11.6. The molecular formula is C24H47NO2. The molecule has 0 aliphatic heterocycles. The van der Waals surface area contributed by atoms with Gasteiger partial charge in [0.2, 0.25) is 0 Å². The van der Waals surface area contributed by atoms with Crippen LogP contribution >= 0.6 is 0 Å². The Balaban J connectivity index is 5.05. The van der Waals surface area contributed by atoms with Crippen molar-refractivity contribution in [2.75, 3.05) is 19.6 Å². The SMILES string of the molecule is C/C=C\C(CCC(=O)O)CN(CC(CC)CCCC)CC(CC)CCCC. The van der Waals surface area contributed by atoms with Gasteiger partial charge in [-0.15, -0.1) is 0 Å². The van der Waals surface area contributed by atoms with Gasteiger partial charge < -0.3 is 10.0 Å². The lowest BCUT2D eigenvalue weighted by Gasteiger charge is -2.32. The zero-order valence-electron chi connectivity index (χ0n) is 18.9. The minimum Gasteiger partial charge on any atom is -0.481 e. The van der Waals surface area contributed by atoms with Crippen LogP contribution in [0, 0.1) is 17.8 Å². The van der Waals surface area contributed by atoms with Crippen molar-refractivity contribution in [1.29, 1.82) is 0 Å². The molecular weight excluding hydrogens is 334 g/mol. The molecule has 0 saturated carbocycles. The smallest absolute Gasteiger partial charge is 0.303 e. The fourth-order valence-electron chi connectivity index (χ4n) is 3.95. The van der Waals surface area contributed by atoms with Gasteiger partial charge in [0.15, 0.2) is 0 Å². The first kappa shape index (κ1) is 26.2. The number of carboxylic acid groups (broad SMARTS) is 1. The Morgan fingerprint density at radius 3 is 1.78 bits per heavy atom. The lowest BCUT2D eigenvalue weighted by atomic mass is 9.94. The summed E-state index contributed by atoms with van der Waals surface area (Å²) in [5.74, 6) is 1.19. The summed E-state index contributed by atoms with van der Waals surface area (Å²) in [5, 5.41) is 9.09. The number of carboxylic acids is 1. The summed E-state index contributed by atoms with van der Waals surface area (Å²) in [6.45, 7) is 14.6. The lowest BCUT2D eigenvalue weighted by Crippen LogP contribution is -2.37. The molecule has 0 aromatic carbocycles. The number of hydrogen-bond acceptors (Lipinski definition) is 2. The molecule has 0 bridgehead atoms. The van der Waals surface area contributed by atoms with Crippen LogP contribution < -0.4 is 0 Å². The molecule has 27 heavy (non-hydrogen) atoms. The quantitative estimate of drug-likeness (QED) is 0.266. The van der Waals surface area contributed by atoms with Gasteiger partial charge in [-0.1, -0.05) is 78.4 Å². The zero-order valence-corrected chi connectivity index (χ0v) is 18.9. The molecule has 0 fully saturated rings. The van der Waals surface area contributed by atoms with E-state index in [4.69, 9.17) is 5.11 Å². The second-order valence-electron chi connectivity index (χ2n) is 8.27. The second-order valence-corrected chi connectivity index (χ2v) is 8.27. The molecule has 0 aliphatic carbocycles. The Bertz CT molecular complexity index is 363. The molecule has 0 aromatic heterocycles. The maximum atomic E-state index is 11.0. The van der Waals surface area contributed by atoms with E-state index in [0.29, 0.717) is 5.92 Å². The maximum absolute atomic E-state index is 11.0. The molecule has 0 aromatic rings. The fourth-order valence-corrected chi connectivity index (χ4v) is 3.95. The molecule has 0 rings (SSSR count). The summed E-state index contributed by atoms with van der Waals surface area (Å²) in [5.41, 5.74) is 0. The van der Waals surface area contributed by atoms with Crippen LogP contribution in [0.2, 0.25) is 0 Å². The van der Waals surface area contributed by atoms with Crippen LogP contribution in [0.3, 0.4) is 0 Å². The Morgan fingerprint density at radius 2 is 1.41 bits per heavy atom. The van der Waals surface area contributed by atoms with Crippen molar-refractivity contribution in [3.63, 3.8) is 0 Å². The predicted molar refractivity (Wildman–Crippen MR) is 118 cm³/mol. The van der Waals surface area contributed by atoms with E-state index < -0.39 is 5.97 Å². The molecule has 0 saturated heterocycles. The summed E-state index contributed by atoms with van der Waals surface area (Å²) >= 11 is 0. The Morgan fingerprint density at radius 1 is 0.889 bits per heavy atom. The van der Waals surface area contributed by atoms with Crippen molar-refractivity contribution in [2.45, 2.75) is 98.8 Å². The zero-order chi connectivity index (χ0) is 20.5. The van der Waals surface area contributed by atoms with Gasteiger partial charge in [-0.3, -0.25) is 4.79 Å². The molecule has 1 N–H and O–H groups in total. The van der Waals surface area contributed by atoms with E-state index in [1.165, 1.54) is 64.5 Å². The monoisotopic (exact) mass is 381 g/mol. The van der Waals surface area contributed by atoms with Gasteiger partial charge in [0.05, 0.1) is 0 Å². The number of carbonyl (C=O) groups is 1. The largest absolute Gasteiger partial charge is 0.481 e. The van der Waals surface area contributed by atoms with E-state index in [1.54, 1.807) is 0 Å². The van der Waals surface area contributed by atoms with E-state index in [1.807, 2.05) is 6.92 Å². The van der Waals surface area contributed by atoms with Crippen LogP contribution in [0.4, 0.5) is 0 Å². The average Bonchev–Trinajstić information content (AvgIpc) is 2.66. The van der Waals surface area contributed by atoms with Crippen LogP contribution in [0.1, 0.15) is 98.8 Å². The molecule has 0 aliphatic rings. The van der Waals surface area contributed by atoms with Gasteiger partial charge in [0.1, 0.15) is 0 Å². The van der Waals surface area contributed by atoms with Crippen LogP contribution in [-0.2, 0) is 4.79 Å². The highest BCUT2D eigenvalue weighted by molar-refractivity contribution is 5.66. The normalized spacial score (nSPS) is 15.3. The molecule has 0 amide bonds. The summed E-state index contributed by atoms with van der Waals surface area (Å²) in [4.78, 5) is 13.7. The minimum absolute atomic E-state index is 0.267. The number of aliphatic carboxylic acids is 1. The highest BCUT2D eigenvalue weighted by atomic mass is 16.4. The molecule has 3 heteroatoms. The van der Waals surface area contributed by atoms with Gasteiger partial charge in [-0.05, 0) is 43.9 Å². The number of allylic oxidation sites excluding steroid dienone is 1. The first-order chi connectivity index (χ1) is 13.0. The summed E-state index contributed by atoms with van der Waals surface area (Å²) < 4.78 is 0. The first-order valence-corrected chi connectivity index (χ1v) is 11.6. The fraction of sp³-hybridized carbons (Fsp3) is 0.875. The summed E-state index contributed by atoms with van der Waals surface area (Å²) in [7, 11) is 0. The standard InChI is InChI=1S/C24H47NO2/c1-6-11-14-21(9-4)18-25(19-22(10-5)15-12-7-2)20-23(13-8-3)16-17-24(26)27/h8,13,21-23H,6-7,9-12,14-20H2,1-5H3,(H,26,27)/b13-8-. The van der Waals surface area contributed by atoms with Crippen molar-refractivity contribution >= 4 is 5.97 Å². The van der Waals surface area contributed by atoms with E-state index in [-0.39, 0.29) is 6.42 Å². The van der Waals surface area contributed by atoms with Crippen LogP contribution in [-0.4, -0.2) is 35.6 Å². The number of hydrogen-bond donors (Lipinski definition) is 1. The molecule has 3 unspecified atom stereocenters. The van der Waals surface area contributed by atoms with Gasteiger partial charge in [0, 0.05) is 26.1 Å². The molecule has 3 nitrogen and oxygen atoms in total. The predicted octanol–water partition coefficient (Wildman–Crippen LogP) is 6.78. The topological polar surface area (TPSA) is 40.5 Å². The third kappa shape index (κ3) is 13.9. The van der Waals surface area contributed by atoms with E-state index in [2.05, 4.69) is 44.7 Å². The van der Waals surface area contributed by atoms with Crippen LogP contribution in [0.25, 0.3) is 0 Å². The third-order valence-corrected chi connectivity index (χ3v) is 5.81. The minimum atomic E-state index is -0.681. The van der Waals surface area contributed by atoms with Crippen molar-refractivity contribution in [3.05, 3.63) is 12.2 Å². The van der Waals surface area contributed by atoms with Gasteiger partial charge >= 0.3 is 5.97 Å². The molecule has 0 radical (unpaired) electrons. The Labute approximate surface area is 169 Å². The number of nitrogens with zero attached hydrogens (tertiary/aromatic N) is 1. The van der Waals surface area contributed by atoms with Crippen LogP contribution in [0.15, 0.2) is 12.2 Å². The van der Waals surface area contributed by atoms with E-state index in [9.17, 15) is 4.79 Å². The molecule has 3 atom stereocenters. The molecule has 0 spiro atoms. The summed E-state index contributed by atoms with van der Waals surface area (Å²) in [6.07, 6.45) is 15.6. The average molecular weight is 382 g/mol. The highest BCUT2D eigenvalue weighted by Gasteiger charge is 2.20. The van der Waals surface area contributed by atoms with Crippen molar-refractivity contribution in [2.24, 2.45) is 17.8 Å². The van der Waals surface area contributed by atoms with Crippen LogP contribution in [0.5, 0.6) is 0 Å². The second kappa shape index (κ2) is 17.3. The lowest BCUT2D eigenvalue weighted by molar-refractivity contribution is -0.137. The van der Waals surface area contributed by atoms with Gasteiger partial charge in [-0.25, -0.2) is 0 Å². The highest BCUT2D eigenvalue weighted by Crippen LogP contribution is 2.21. The Kier molecular flexibility index (Phi) is 16.7. The third-order valence-electron chi connectivity index (χ3n) is 5.81. The number of rotatable bonds is 18. The molecule has 160 valence electrons. The summed E-state index contributed by atoms with van der Waals surface area (Å²) in [6, 6.07) is 0. The van der Waals surface area contributed by atoms with Crippen molar-refractivity contribution < 1.29 is 9.90 Å². The van der Waals surface area contributed by atoms with Crippen molar-refractivity contribution in [3.8, 4) is 0 Å². The van der Waals surface area contributed by atoms with Gasteiger partial charge in [0.25, 0.3) is 0 Å². The Hall–Kier alpha value is -0.830. The van der Waals surface area contributed by atoms with E-state index >= 15 is 0 Å². The maximum Gasteiger partial charge on any atom is 0.303 e. The van der Waals surface area contributed by atoms with E-state index in [0.717, 1.165) is 24.8 Å². The number of unbranched alkanes of at least 4 members (excludes halogenated alkanes) is 2. The molecule has 0 heterocycles. The van der Waals surface area contributed by atoms with Crippen molar-refractivity contribution in [1.82, 2.24) is 4.90 Å².